The number of nitrogens with one attached hydrogen (secondary N) is 1. The maximum Gasteiger partial charge on any atom is 0.416 e. The van der Waals surface area contributed by atoms with Gasteiger partial charge in [-0.05, 0) is 45.6 Å². The first-order valence-corrected chi connectivity index (χ1v) is 8.29. The molecule has 0 aliphatic rings. The number of benzene rings is 1. The van der Waals surface area contributed by atoms with Crippen LogP contribution in [0.4, 0.5) is 18.9 Å². The van der Waals surface area contributed by atoms with Gasteiger partial charge in [-0.2, -0.15) is 13.2 Å². The first-order valence-electron chi connectivity index (χ1n) is 5.13. The minimum atomic E-state index is -4.54. The monoisotopic (exact) mass is 385 g/mol. The first kappa shape index (κ1) is 15.3. The summed E-state index contributed by atoms with van der Waals surface area (Å²) in [6, 6.07) is 5.67. The molecule has 0 unspecified atom stereocenters. The third-order valence-electron chi connectivity index (χ3n) is 2.30. The van der Waals surface area contributed by atoms with Crippen LogP contribution in [-0.2, 0) is 16.2 Å². The van der Waals surface area contributed by atoms with Crippen molar-refractivity contribution in [1.29, 1.82) is 0 Å². The van der Waals surface area contributed by atoms with Crippen molar-refractivity contribution in [1.82, 2.24) is 0 Å². The van der Waals surface area contributed by atoms with Gasteiger partial charge in [-0.1, -0.05) is 6.07 Å². The van der Waals surface area contributed by atoms with Gasteiger partial charge in [0.15, 0.2) is 0 Å². The topological polar surface area (TPSA) is 46.2 Å². The van der Waals surface area contributed by atoms with E-state index in [4.69, 9.17) is 0 Å². The molecular formula is C11H7BrF3NO2S2. The van der Waals surface area contributed by atoms with Crippen LogP contribution in [0.1, 0.15) is 5.56 Å². The fourth-order valence-corrected chi connectivity index (χ4v) is 3.93. The summed E-state index contributed by atoms with van der Waals surface area (Å²) in [7, 11) is -3.88. The van der Waals surface area contributed by atoms with Crippen LogP contribution in [0.2, 0.25) is 0 Å². The Balaban J connectivity index is 2.39. The Bertz CT molecular complexity index is 712. The number of halogens is 4. The second kappa shape index (κ2) is 5.38. The minimum Gasteiger partial charge on any atom is -0.278 e. The number of anilines is 1. The summed E-state index contributed by atoms with van der Waals surface area (Å²) in [5.41, 5.74) is -1.09. The average Bonchev–Trinajstić information content (AvgIpc) is 2.84. The lowest BCUT2D eigenvalue weighted by molar-refractivity contribution is -0.137. The molecule has 1 heterocycles. The van der Waals surface area contributed by atoms with Gasteiger partial charge in [0.2, 0.25) is 0 Å². The van der Waals surface area contributed by atoms with Gasteiger partial charge >= 0.3 is 6.18 Å². The maximum atomic E-state index is 12.6. The second-order valence-electron chi connectivity index (χ2n) is 3.73. The van der Waals surface area contributed by atoms with Gasteiger partial charge in [-0.15, -0.1) is 11.3 Å². The number of thiophene rings is 1. The molecule has 0 atom stereocenters. The zero-order valence-electron chi connectivity index (χ0n) is 9.61. The van der Waals surface area contributed by atoms with E-state index in [0.29, 0.717) is 0 Å². The van der Waals surface area contributed by atoms with Crippen molar-refractivity contribution < 1.29 is 21.6 Å². The molecule has 0 amide bonds. The van der Waals surface area contributed by atoms with Crippen LogP contribution in [0.15, 0.2) is 44.4 Å². The zero-order chi connectivity index (χ0) is 15.0. The smallest absolute Gasteiger partial charge is 0.278 e. The predicted molar refractivity (Wildman–Crippen MR) is 74.3 cm³/mol. The lowest BCUT2D eigenvalue weighted by Gasteiger charge is -2.12. The Kier molecular flexibility index (Phi) is 4.12. The van der Waals surface area contributed by atoms with Crippen LogP contribution in [0.5, 0.6) is 0 Å². The first-order chi connectivity index (χ1) is 9.20. The molecule has 1 aromatic carbocycles. The van der Waals surface area contributed by atoms with Gasteiger partial charge in [-0.25, -0.2) is 8.42 Å². The summed E-state index contributed by atoms with van der Waals surface area (Å²) in [5.74, 6) is 0. The molecule has 0 fully saturated rings. The molecule has 0 saturated heterocycles. The number of hydrogen-bond acceptors (Lipinski definition) is 3. The van der Waals surface area contributed by atoms with Gasteiger partial charge in [0.1, 0.15) is 4.21 Å². The molecule has 108 valence electrons. The third-order valence-corrected chi connectivity index (χ3v) is 5.75. The van der Waals surface area contributed by atoms with Crippen molar-refractivity contribution in [2.24, 2.45) is 0 Å². The highest BCUT2D eigenvalue weighted by molar-refractivity contribution is 9.10. The highest BCUT2D eigenvalue weighted by Gasteiger charge is 2.31. The molecule has 3 nitrogen and oxygen atoms in total. The molecule has 1 aromatic heterocycles. The highest BCUT2D eigenvalue weighted by atomic mass is 79.9. The fraction of sp³-hybridized carbons (Fsp3) is 0.0909. The van der Waals surface area contributed by atoms with E-state index in [1.165, 1.54) is 6.07 Å². The summed E-state index contributed by atoms with van der Waals surface area (Å²) in [6.07, 6.45) is -4.54. The van der Waals surface area contributed by atoms with Crippen molar-refractivity contribution in [3.63, 3.8) is 0 Å². The lowest BCUT2D eigenvalue weighted by atomic mass is 10.2. The summed E-state index contributed by atoms with van der Waals surface area (Å²) in [4.78, 5) is 0. The van der Waals surface area contributed by atoms with Crippen LogP contribution in [0.25, 0.3) is 0 Å². The van der Waals surface area contributed by atoms with E-state index in [-0.39, 0.29) is 14.4 Å². The van der Waals surface area contributed by atoms with Crippen LogP contribution in [0, 0.1) is 0 Å². The van der Waals surface area contributed by atoms with Crippen LogP contribution in [0.3, 0.4) is 0 Å². The summed E-state index contributed by atoms with van der Waals surface area (Å²) in [6.45, 7) is 0. The molecule has 20 heavy (non-hydrogen) atoms. The van der Waals surface area contributed by atoms with Crippen LogP contribution in [-0.4, -0.2) is 8.42 Å². The van der Waals surface area contributed by atoms with Gasteiger partial charge < -0.3 is 0 Å². The molecule has 0 spiro atoms. The van der Waals surface area contributed by atoms with Gasteiger partial charge in [0.05, 0.1) is 11.3 Å². The molecule has 0 radical (unpaired) electrons. The molecule has 2 rings (SSSR count). The molecule has 0 saturated carbocycles. The van der Waals surface area contributed by atoms with Gasteiger partial charge in [0, 0.05) is 4.47 Å². The summed E-state index contributed by atoms with van der Waals surface area (Å²) in [5, 5.41) is 1.57. The molecule has 9 heteroatoms. The van der Waals surface area contributed by atoms with E-state index in [9.17, 15) is 21.6 Å². The largest absolute Gasteiger partial charge is 0.416 e. The molecule has 2 aromatic rings. The van der Waals surface area contributed by atoms with Gasteiger partial charge in [-0.3, -0.25) is 4.72 Å². The minimum absolute atomic E-state index is 0.0295. The van der Waals surface area contributed by atoms with Crippen molar-refractivity contribution in [3.05, 3.63) is 45.7 Å². The molecule has 0 aliphatic carbocycles. The SMILES string of the molecule is O=S(=O)(Nc1cc(C(F)(F)F)ccc1Br)c1cccs1. The molecule has 0 bridgehead atoms. The Hall–Kier alpha value is -1.06. The quantitative estimate of drug-likeness (QED) is 0.854. The summed E-state index contributed by atoms with van der Waals surface area (Å²) >= 11 is 4.00. The van der Waals surface area contributed by atoms with Crippen LogP contribution < -0.4 is 4.72 Å². The Morgan fingerprint density at radius 2 is 1.90 bits per heavy atom. The van der Waals surface area contributed by atoms with E-state index in [1.807, 2.05) is 0 Å². The summed E-state index contributed by atoms with van der Waals surface area (Å²) < 4.78 is 64.2. The molecule has 0 aliphatic heterocycles. The molecule has 1 N–H and O–H groups in total. The number of rotatable bonds is 3. The van der Waals surface area contributed by atoms with E-state index < -0.39 is 21.8 Å². The normalized spacial score (nSPS) is 12.4. The van der Waals surface area contributed by atoms with Gasteiger partial charge in [0.25, 0.3) is 10.0 Å². The number of sulfonamides is 1. The van der Waals surface area contributed by atoms with E-state index >= 15 is 0 Å². The van der Waals surface area contributed by atoms with Crippen molar-refractivity contribution in [3.8, 4) is 0 Å². The van der Waals surface area contributed by atoms with Crippen molar-refractivity contribution >= 4 is 43.0 Å². The number of hydrogen-bond donors (Lipinski definition) is 1. The van der Waals surface area contributed by atoms with E-state index in [1.54, 1.807) is 11.4 Å². The van der Waals surface area contributed by atoms with Crippen molar-refractivity contribution in [2.75, 3.05) is 4.72 Å². The van der Waals surface area contributed by atoms with E-state index in [2.05, 4.69) is 20.7 Å². The van der Waals surface area contributed by atoms with Crippen LogP contribution >= 0.6 is 27.3 Å². The Labute approximate surface area is 125 Å². The van der Waals surface area contributed by atoms with E-state index in [0.717, 1.165) is 29.5 Å². The highest BCUT2D eigenvalue weighted by Crippen LogP contribution is 2.35. The maximum absolute atomic E-state index is 12.6. The third kappa shape index (κ3) is 3.33. The predicted octanol–water partition coefficient (Wildman–Crippen LogP) is 4.33. The fourth-order valence-electron chi connectivity index (χ4n) is 1.39. The second-order valence-corrected chi connectivity index (χ2v) is 7.44. The Morgan fingerprint density at radius 1 is 1.20 bits per heavy atom. The average molecular weight is 386 g/mol. The lowest BCUT2D eigenvalue weighted by Crippen LogP contribution is -2.13. The molecular weight excluding hydrogens is 379 g/mol. The Morgan fingerprint density at radius 3 is 2.45 bits per heavy atom. The number of alkyl halides is 3. The standard InChI is InChI=1S/C11H7BrF3NO2S2/c12-8-4-3-7(11(13,14)15)6-9(8)16-20(17,18)10-2-1-5-19-10/h1-6,16H. The zero-order valence-corrected chi connectivity index (χ0v) is 12.8. The van der Waals surface area contributed by atoms with Crippen molar-refractivity contribution in [2.45, 2.75) is 10.4 Å².